The number of nitrogens with zero attached hydrogens (tertiary/aromatic N) is 2. The van der Waals surface area contributed by atoms with E-state index in [-0.39, 0.29) is 0 Å². The van der Waals surface area contributed by atoms with Gasteiger partial charge in [-0.1, -0.05) is 29.8 Å². The number of hydrogen-bond donors (Lipinski definition) is 0. The van der Waals surface area contributed by atoms with Gasteiger partial charge in [-0.15, -0.1) is 0 Å². The Balaban J connectivity index is 2.63. The summed E-state index contributed by atoms with van der Waals surface area (Å²) in [6, 6.07) is 6.15. The predicted molar refractivity (Wildman–Crippen MR) is 62.0 cm³/mol. The molecule has 3 heteroatoms. The molecule has 1 aromatic heterocycles. The van der Waals surface area contributed by atoms with E-state index in [1.165, 1.54) is 11.1 Å². The van der Waals surface area contributed by atoms with E-state index in [1.807, 2.05) is 6.07 Å². The molecular weight excluding hydrogens is 208 g/mol. The van der Waals surface area contributed by atoms with Gasteiger partial charge >= 0.3 is 0 Å². The van der Waals surface area contributed by atoms with Crippen LogP contribution in [0.4, 0.5) is 0 Å². The number of halogens is 1. The van der Waals surface area contributed by atoms with Crippen LogP contribution >= 0.6 is 11.6 Å². The molecule has 0 saturated carbocycles. The van der Waals surface area contributed by atoms with Crippen molar-refractivity contribution in [2.45, 2.75) is 13.8 Å². The molecule has 2 rings (SSSR count). The Labute approximate surface area is 94.0 Å². The van der Waals surface area contributed by atoms with E-state index in [9.17, 15) is 0 Å². The molecule has 76 valence electrons. The molecule has 0 fully saturated rings. The fourth-order valence-corrected chi connectivity index (χ4v) is 1.83. The van der Waals surface area contributed by atoms with Crippen LogP contribution in [-0.2, 0) is 0 Å². The second kappa shape index (κ2) is 3.99. The molecule has 0 radical (unpaired) electrons. The highest BCUT2D eigenvalue weighted by Crippen LogP contribution is 2.25. The first-order valence-corrected chi connectivity index (χ1v) is 5.10. The molecule has 0 unspecified atom stereocenters. The second-order valence-corrected chi connectivity index (χ2v) is 3.88. The lowest BCUT2D eigenvalue weighted by atomic mass is 10.0. The first kappa shape index (κ1) is 10.1. The number of aryl methyl sites for hydroxylation is 2. The predicted octanol–water partition coefficient (Wildman–Crippen LogP) is 3.41. The molecule has 0 N–H and O–H groups in total. The fourth-order valence-electron chi connectivity index (χ4n) is 1.68. The fraction of sp³-hybridized carbons (Fsp3) is 0.167. The summed E-state index contributed by atoms with van der Waals surface area (Å²) in [6.07, 6.45) is 3.28. The molecule has 2 nitrogen and oxygen atoms in total. The van der Waals surface area contributed by atoms with Gasteiger partial charge in [-0.05, 0) is 25.0 Å². The third kappa shape index (κ3) is 2.00. The molecule has 1 heterocycles. The van der Waals surface area contributed by atoms with Crippen molar-refractivity contribution in [2.75, 3.05) is 0 Å². The Hall–Kier alpha value is -1.41. The normalized spacial score (nSPS) is 10.3. The molecule has 0 spiro atoms. The minimum atomic E-state index is 0.426. The SMILES string of the molecule is Cc1cccc(C)c1-c1cncc(Cl)n1. The van der Waals surface area contributed by atoms with Gasteiger partial charge < -0.3 is 0 Å². The molecule has 0 amide bonds. The molecule has 0 bridgehead atoms. The van der Waals surface area contributed by atoms with E-state index in [2.05, 4.69) is 35.9 Å². The van der Waals surface area contributed by atoms with Crippen LogP contribution in [0.2, 0.25) is 5.15 Å². The van der Waals surface area contributed by atoms with Crippen LogP contribution in [0.25, 0.3) is 11.3 Å². The van der Waals surface area contributed by atoms with Gasteiger partial charge in [-0.2, -0.15) is 0 Å². The number of benzene rings is 1. The highest BCUT2D eigenvalue weighted by Gasteiger charge is 2.06. The van der Waals surface area contributed by atoms with Crippen LogP contribution in [-0.4, -0.2) is 9.97 Å². The van der Waals surface area contributed by atoms with E-state index in [4.69, 9.17) is 11.6 Å². The average Bonchev–Trinajstić information content (AvgIpc) is 2.17. The lowest BCUT2D eigenvalue weighted by Crippen LogP contribution is -1.92. The zero-order chi connectivity index (χ0) is 10.8. The van der Waals surface area contributed by atoms with Gasteiger partial charge in [-0.25, -0.2) is 4.98 Å². The first-order chi connectivity index (χ1) is 7.18. The summed E-state index contributed by atoms with van der Waals surface area (Å²) in [4.78, 5) is 8.32. The van der Waals surface area contributed by atoms with Crippen molar-refractivity contribution in [2.24, 2.45) is 0 Å². The van der Waals surface area contributed by atoms with Gasteiger partial charge in [0, 0.05) is 5.56 Å². The Bertz CT molecular complexity index is 474. The van der Waals surface area contributed by atoms with E-state index in [0.29, 0.717) is 5.15 Å². The van der Waals surface area contributed by atoms with Crippen molar-refractivity contribution in [1.29, 1.82) is 0 Å². The largest absolute Gasteiger partial charge is 0.259 e. The summed E-state index contributed by atoms with van der Waals surface area (Å²) < 4.78 is 0. The van der Waals surface area contributed by atoms with Gasteiger partial charge in [-0.3, -0.25) is 4.98 Å². The average molecular weight is 219 g/mol. The molecular formula is C12H11ClN2. The van der Waals surface area contributed by atoms with Gasteiger partial charge in [0.25, 0.3) is 0 Å². The van der Waals surface area contributed by atoms with E-state index < -0.39 is 0 Å². The minimum absolute atomic E-state index is 0.426. The Morgan fingerprint density at radius 2 is 1.73 bits per heavy atom. The highest BCUT2D eigenvalue weighted by atomic mass is 35.5. The van der Waals surface area contributed by atoms with Crippen molar-refractivity contribution in [3.63, 3.8) is 0 Å². The molecule has 1 aromatic carbocycles. The van der Waals surface area contributed by atoms with Crippen LogP contribution < -0.4 is 0 Å². The maximum absolute atomic E-state index is 5.83. The van der Waals surface area contributed by atoms with Crippen molar-refractivity contribution in [3.05, 3.63) is 46.9 Å². The second-order valence-electron chi connectivity index (χ2n) is 3.49. The van der Waals surface area contributed by atoms with Crippen molar-refractivity contribution >= 4 is 11.6 Å². The summed E-state index contributed by atoms with van der Waals surface area (Å²) >= 11 is 5.83. The molecule has 0 saturated heterocycles. The van der Waals surface area contributed by atoms with Crippen LogP contribution in [0.3, 0.4) is 0 Å². The molecule has 15 heavy (non-hydrogen) atoms. The standard InChI is InChI=1S/C12H11ClN2/c1-8-4-3-5-9(2)12(8)10-6-14-7-11(13)15-10/h3-7H,1-2H3. The van der Waals surface area contributed by atoms with E-state index in [1.54, 1.807) is 12.4 Å². The molecule has 0 aliphatic heterocycles. The molecule has 0 aliphatic rings. The summed E-state index contributed by atoms with van der Waals surface area (Å²) in [7, 11) is 0. The van der Waals surface area contributed by atoms with Crippen LogP contribution in [0, 0.1) is 13.8 Å². The van der Waals surface area contributed by atoms with Gasteiger partial charge in [0.2, 0.25) is 0 Å². The maximum Gasteiger partial charge on any atom is 0.148 e. The lowest BCUT2D eigenvalue weighted by Gasteiger charge is -2.08. The molecule has 0 aliphatic carbocycles. The zero-order valence-electron chi connectivity index (χ0n) is 8.66. The van der Waals surface area contributed by atoms with Gasteiger partial charge in [0.05, 0.1) is 18.1 Å². The lowest BCUT2D eigenvalue weighted by molar-refractivity contribution is 1.19. The van der Waals surface area contributed by atoms with E-state index >= 15 is 0 Å². The number of rotatable bonds is 1. The quantitative estimate of drug-likeness (QED) is 0.733. The first-order valence-electron chi connectivity index (χ1n) is 4.72. The smallest absolute Gasteiger partial charge is 0.148 e. The number of hydrogen-bond acceptors (Lipinski definition) is 2. The summed E-state index contributed by atoms with van der Waals surface area (Å²) in [5.41, 5.74) is 4.32. The van der Waals surface area contributed by atoms with Crippen molar-refractivity contribution < 1.29 is 0 Å². The summed E-state index contributed by atoms with van der Waals surface area (Å²) in [6.45, 7) is 4.12. The minimum Gasteiger partial charge on any atom is -0.259 e. The highest BCUT2D eigenvalue weighted by molar-refractivity contribution is 6.29. The Morgan fingerprint density at radius 1 is 1.07 bits per heavy atom. The summed E-state index contributed by atoms with van der Waals surface area (Å²) in [5, 5.41) is 0.426. The Kier molecular flexibility index (Phi) is 2.69. The van der Waals surface area contributed by atoms with Crippen molar-refractivity contribution in [1.82, 2.24) is 9.97 Å². The Morgan fingerprint density at radius 3 is 2.33 bits per heavy atom. The monoisotopic (exact) mass is 218 g/mol. The molecule has 0 atom stereocenters. The van der Waals surface area contributed by atoms with Crippen LogP contribution in [0.1, 0.15) is 11.1 Å². The molecule has 2 aromatic rings. The third-order valence-corrected chi connectivity index (χ3v) is 2.52. The van der Waals surface area contributed by atoms with Gasteiger partial charge in [0.15, 0.2) is 0 Å². The van der Waals surface area contributed by atoms with Gasteiger partial charge in [0.1, 0.15) is 5.15 Å². The van der Waals surface area contributed by atoms with Crippen molar-refractivity contribution in [3.8, 4) is 11.3 Å². The maximum atomic E-state index is 5.83. The summed E-state index contributed by atoms with van der Waals surface area (Å²) in [5.74, 6) is 0. The zero-order valence-corrected chi connectivity index (χ0v) is 9.42. The topological polar surface area (TPSA) is 25.8 Å². The van der Waals surface area contributed by atoms with Crippen LogP contribution in [0.15, 0.2) is 30.6 Å². The third-order valence-electron chi connectivity index (χ3n) is 2.34. The van der Waals surface area contributed by atoms with E-state index in [0.717, 1.165) is 11.3 Å². The number of aromatic nitrogens is 2. The van der Waals surface area contributed by atoms with Crippen LogP contribution in [0.5, 0.6) is 0 Å².